The molecule has 0 saturated carbocycles. The minimum atomic E-state index is -3.58. The summed E-state index contributed by atoms with van der Waals surface area (Å²) in [5, 5.41) is 0. The molecule has 26 heavy (non-hydrogen) atoms. The number of esters is 1. The second-order valence-electron chi connectivity index (χ2n) is 6.57. The van der Waals surface area contributed by atoms with E-state index in [9.17, 15) is 22.0 Å². The van der Waals surface area contributed by atoms with E-state index >= 15 is 0 Å². The summed E-state index contributed by atoms with van der Waals surface area (Å²) in [5.41, 5.74) is -0.563. The molecule has 0 atom stereocenters. The number of sulfone groups is 1. The summed E-state index contributed by atoms with van der Waals surface area (Å²) in [6.45, 7) is 3.19. The van der Waals surface area contributed by atoms with Crippen LogP contribution in [0.4, 0.5) is 8.78 Å². The molecule has 1 aliphatic heterocycles. The van der Waals surface area contributed by atoms with Crippen LogP contribution in [0.15, 0.2) is 47.4 Å². The lowest BCUT2D eigenvalue weighted by Crippen LogP contribution is -2.23. The van der Waals surface area contributed by atoms with Crippen LogP contribution in [-0.2, 0) is 19.4 Å². The molecule has 0 fully saturated rings. The van der Waals surface area contributed by atoms with Gasteiger partial charge in [0.2, 0.25) is 0 Å². The van der Waals surface area contributed by atoms with Crippen molar-refractivity contribution in [2.24, 2.45) is 0 Å². The molecule has 0 radical (unpaired) electrons. The number of ether oxygens (including phenoxy) is 1. The van der Waals surface area contributed by atoms with Gasteiger partial charge in [-0.25, -0.2) is 22.0 Å². The molecule has 0 aliphatic carbocycles. The second kappa shape index (κ2) is 6.02. The van der Waals surface area contributed by atoms with E-state index in [1.54, 1.807) is 13.8 Å². The third kappa shape index (κ3) is 3.14. The van der Waals surface area contributed by atoms with Crippen LogP contribution in [-0.4, -0.2) is 26.2 Å². The van der Waals surface area contributed by atoms with E-state index in [1.165, 1.54) is 36.4 Å². The summed E-state index contributed by atoms with van der Waals surface area (Å²) in [6.07, 6.45) is 0.977. The molecule has 0 saturated heterocycles. The van der Waals surface area contributed by atoms with E-state index in [4.69, 9.17) is 4.74 Å². The van der Waals surface area contributed by atoms with E-state index in [1.807, 2.05) is 0 Å². The summed E-state index contributed by atoms with van der Waals surface area (Å²) in [4.78, 5) is 12.2. The summed E-state index contributed by atoms with van der Waals surface area (Å²) in [7, 11) is -3.58. The van der Waals surface area contributed by atoms with Gasteiger partial charge in [-0.05, 0) is 43.7 Å². The first-order valence-electron chi connectivity index (χ1n) is 7.75. The molecule has 1 heterocycles. The molecule has 0 unspecified atom stereocenters. The molecule has 4 nitrogen and oxygen atoms in total. The van der Waals surface area contributed by atoms with Crippen molar-refractivity contribution >= 4 is 27.0 Å². The lowest BCUT2D eigenvalue weighted by molar-refractivity contribution is -0.141. The second-order valence-corrected chi connectivity index (χ2v) is 8.59. The monoisotopic (exact) mass is 378 g/mol. The molecule has 3 rings (SSSR count). The predicted molar refractivity (Wildman–Crippen MR) is 92.9 cm³/mol. The lowest BCUT2D eigenvalue weighted by atomic mass is 9.86. The molecular weight excluding hydrogens is 362 g/mol. The molecular formula is C19H16F2O4S. The highest BCUT2D eigenvalue weighted by atomic mass is 32.2. The highest BCUT2D eigenvalue weighted by Crippen LogP contribution is 2.44. The van der Waals surface area contributed by atoms with Gasteiger partial charge in [0.25, 0.3) is 0 Å². The van der Waals surface area contributed by atoms with Crippen LogP contribution in [0, 0.1) is 11.6 Å². The van der Waals surface area contributed by atoms with Gasteiger partial charge in [0.05, 0.1) is 10.5 Å². The molecule has 0 amide bonds. The minimum Gasteiger partial charge on any atom is -0.451 e. The van der Waals surface area contributed by atoms with Crippen molar-refractivity contribution < 1.29 is 26.7 Å². The van der Waals surface area contributed by atoms with Gasteiger partial charge in [-0.2, -0.15) is 0 Å². The largest absolute Gasteiger partial charge is 0.451 e. The lowest BCUT2D eigenvalue weighted by Gasteiger charge is -2.22. The maximum absolute atomic E-state index is 14.7. The number of halogens is 2. The van der Waals surface area contributed by atoms with Crippen molar-refractivity contribution in [1.82, 2.24) is 0 Å². The van der Waals surface area contributed by atoms with E-state index in [-0.39, 0.29) is 27.2 Å². The predicted octanol–water partition coefficient (Wildman–Crippen LogP) is 3.61. The molecule has 0 aromatic heterocycles. The van der Waals surface area contributed by atoms with Crippen LogP contribution < -0.4 is 0 Å². The molecule has 0 bridgehead atoms. The van der Waals surface area contributed by atoms with Crippen LogP contribution >= 0.6 is 0 Å². The first kappa shape index (κ1) is 18.3. The van der Waals surface area contributed by atoms with Gasteiger partial charge in [-0.3, -0.25) is 0 Å². The third-order valence-corrected chi connectivity index (χ3v) is 5.27. The summed E-state index contributed by atoms with van der Waals surface area (Å²) < 4.78 is 56.9. The molecule has 0 N–H and O–H groups in total. The average Bonchev–Trinajstić information content (AvgIpc) is 2.75. The fourth-order valence-corrected chi connectivity index (χ4v) is 3.66. The van der Waals surface area contributed by atoms with Crippen LogP contribution in [0.1, 0.15) is 25.0 Å². The number of carbonyl (C=O) groups is 1. The Morgan fingerprint density at radius 3 is 2.31 bits per heavy atom. The van der Waals surface area contributed by atoms with Crippen LogP contribution in [0.2, 0.25) is 0 Å². The topological polar surface area (TPSA) is 60.4 Å². The Hall–Kier alpha value is -2.54. The Labute approximate surface area is 150 Å². The molecule has 2 aromatic rings. The average molecular weight is 378 g/mol. The van der Waals surface area contributed by atoms with E-state index in [0.29, 0.717) is 0 Å². The Kier molecular flexibility index (Phi) is 4.23. The SMILES string of the molecule is CC1(C)OC(=O)C(c2cccc(F)c2)=C1c1ccc(S(C)(=O)=O)cc1F. The maximum atomic E-state index is 14.7. The van der Waals surface area contributed by atoms with E-state index in [2.05, 4.69) is 0 Å². The number of hydrogen-bond acceptors (Lipinski definition) is 4. The van der Waals surface area contributed by atoms with Gasteiger partial charge in [-0.1, -0.05) is 18.2 Å². The Bertz CT molecular complexity index is 1050. The minimum absolute atomic E-state index is 0.0347. The van der Waals surface area contributed by atoms with Crippen molar-refractivity contribution in [3.8, 4) is 0 Å². The molecule has 1 aliphatic rings. The Morgan fingerprint density at radius 1 is 1.04 bits per heavy atom. The van der Waals surface area contributed by atoms with Gasteiger partial charge in [0, 0.05) is 17.4 Å². The van der Waals surface area contributed by atoms with Crippen LogP contribution in [0.25, 0.3) is 11.1 Å². The van der Waals surface area contributed by atoms with Crippen molar-refractivity contribution in [3.63, 3.8) is 0 Å². The van der Waals surface area contributed by atoms with Gasteiger partial charge >= 0.3 is 5.97 Å². The fourth-order valence-electron chi connectivity index (χ4n) is 3.03. The summed E-state index contributed by atoms with van der Waals surface area (Å²) >= 11 is 0. The zero-order valence-electron chi connectivity index (χ0n) is 14.3. The first-order valence-corrected chi connectivity index (χ1v) is 9.64. The fraction of sp³-hybridized carbons (Fsp3) is 0.211. The summed E-state index contributed by atoms with van der Waals surface area (Å²) in [5.74, 6) is -2.04. The van der Waals surface area contributed by atoms with Crippen molar-refractivity contribution in [1.29, 1.82) is 0 Å². The standard InChI is InChI=1S/C19H16F2O4S/c1-19(2)17(14-8-7-13(10-15(14)21)26(3,23)24)16(18(22)25-19)11-5-4-6-12(20)9-11/h4-10H,1-3H3. The molecule has 0 spiro atoms. The van der Waals surface area contributed by atoms with Gasteiger partial charge in [-0.15, -0.1) is 0 Å². The van der Waals surface area contributed by atoms with Crippen LogP contribution in [0.5, 0.6) is 0 Å². The smallest absolute Gasteiger partial charge is 0.340 e. The molecule has 7 heteroatoms. The number of hydrogen-bond donors (Lipinski definition) is 0. The van der Waals surface area contributed by atoms with Gasteiger partial charge in [0.15, 0.2) is 9.84 Å². The third-order valence-electron chi connectivity index (χ3n) is 4.16. The van der Waals surface area contributed by atoms with Crippen LogP contribution in [0.3, 0.4) is 0 Å². The van der Waals surface area contributed by atoms with Gasteiger partial charge < -0.3 is 4.74 Å². The number of carbonyl (C=O) groups excluding carboxylic acids is 1. The summed E-state index contributed by atoms with van der Waals surface area (Å²) in [6, 6.07) is 8.84. The number of cyclic esters (lactones) is 1. The first-order chi connectivity index (χ1) is 12.0. The van der Waals surface area contributed by atoms with E-state index in [0.717, 1.165) is 12.3 Å². The molecule has 136 valence electrons. The number of rotatable bonds is 3. The quantitative estimate of drug-likeness (QED) is 0.766. The van der Waals surface area contributed by atoms with Crippen molar-refractivity contribution in [2.45, 2.75) is 24.3 Å². The zero-order valence-corrected chi connectivity index (χ0v) is 15.2. The highest BCUT2D eigenvalue weighted by molar-refractivity contribution is 7.90. The number of benzene rings is 2. The Morgan fingerprint density at radius 2 is 1.73 bits per heavy atom. The molecule has 2 aromatic carbocycles. The Balaban J connectivity index is 2.29. The van der Waals surface area contributed by atoms with Gasteiger partial charge in [0.1, 0.15) is 17.2 Å². The highest BCUT2D eigenvalue weighted by Gasteiger charge is 2.42. The normalized spacial score (nSPS) is 16.7. The van der Waals surface area contributed by atoms with Crippen molar-refractivity contribution in [3.05, 3.63) is 65.2 Å². The maximum Gasteiger partial charge on any atom is 0.340 e. The van der Waals surface area contributed by atoms with Crippen molar-refractivity contribution in [2.75, 3.05) is 6.26 Å². The zero-order chi connectivity index (χ0) is 19.3. The van der Waals surface area contributed by atoms with E-state index < -0.39 is 33.0 Å².